The molecule has 1 heterocycles. The van der Waals surface area contributed by atoms with E-state index in [9.17, 15) is 9.59 Å². The number of rotatable bonds is 4. The van der Waals surface area contributed by atoms with Gasteiger partial charge in [0.1, 0.15) is 22.8 Å². The molecule has 0 aromatic carbocycles. The number of esters is 2. The molecule has 4 unspecified atom stereocenters. The second kappa shape index (κ2) is 7.28. The van der Waals surface area contributed by atoms with E-state index in [-0.39, 0.29) is 23.3 Å². The molecule has 1 fully saturated rings. The third kappa shape index (κ3) is 4.49. The van der Waals surface area contributed by atoms with Crippen molar-refractivity contribution < 1.29 is 23.8 Å². The van der Waals surface area contributed by atoms with Gasteiger partial charge in [-0.2, -0.15) is 0 Å². The highest BCUT2D eigenvalue weighted by Gasteiger charge is 2.43. The summed E-state index contributed by atoms with van der Waals surface area (Å²) < 4.78 is 16.0. The van der Waals surface area contributed by atoms with Crippen molar-refractivity contribution in [3.8, 4) is 0 Å². The minimum Gasteiger partial charge on any atom is -0.497 e. The first-order valence-corrected chi connectivity index (χ1v) is 7.76. The zero-order chi connectivity index (χ0) is 14.6. The Balaban J connectivity index is 2.89. The van der Waals surface area contributed by atoms with Crippen LogP contribution in [0, 0.1) is 5.92 Å². The van der Waals surface area contributed by atoms with Gasteiger partial charge in [-0.3, -0.25) is 9.59 Å². The maximum atomic E-state index is 11.2. The first-order valence-electron chi connectivity index (χ1n) is 5.72. The molecule has 108 valence electrons. The molecule has 1 saturated heterocycles. The summed E-state index contributed by atoms with van der Waals surface area (Å²) in [5.74, 6) is -0.549. The topological polar surface area (TPSA) is 61.8 Å². The van der Waals surface area contributed by atoms with Crippen LogP contribution in [0.5, 0.6) is 0 Å². The van der Waals surface area contributed by atoms with Gasteiger partial charge in [-0.15, -0.1) is 0 Å². The molecular formula is C12H16Br2O5. The van der Waals surface area contributed by atoms with E-state index in [1.165, 1.54) is 13.8 Å². The fraction of sp³-hybridized carbons (Fsp3) is 0.667. The zero-order valence-electron chi connectivity index (χ0n) is 10.7. The van der Waals surface area contributed by atoms with Crippen molar-refractivity contribution in [1.82, 2.24) is 0 Å². The Kier molecular flexibility index (Phi) is 6.32. The van der Waals surface area contributed by atoms with Gasteiger partial charge >= 0.3 is 11.9 Å². The van der Waals surface area contributed by atoms with Gasteiger partial charge < -0.3 is 14.2 Å². The van der Waals surface area contributed by atoms with Crippen molar-refractivity contribution >= 4 is 43.8 Å². The summed E-state index contributed by atoms with van der Waals surface area (Å²) in [5, 5.41) is 0.435. The molecule has 0 aliphatic carbocycles. The van der Waals surface area contributed by atoms with E-state index in [1.54, 1.807) is 0 Å². The minimum absolute atomic E-state index is 0.262. The molecule has 0 aromatic rings. The predicted octanol–water partition coefficient (Wildman–Crippen LogP) is 2.17. The van der Waals surface area contributed by atoms with Crippen LogP contribution in [0.15, 0.2) is 12.3 Å². The summed E-state index contributed by atoms with van der Waals surface area (Å²) >= 11 is 6.69. The van der Waals surface area contributed by atoms with Crippen molar-refractivity contribution in [3.05, 3.63) is 12.3 Å². The lowest BCUT2D eigenvalue weighted by Crippen LogP contribution is -2.49. The molecule has 0 N–H and O–H groups in total. The summed E-state index contributed by atoms with van der Waals surface area (Å²) in [6, 6.07) is 0. The maximum absolute atomic E-state index is 11.2. The summed E-state index contributed by atoms with van der Waals surface area (Å²) in [7, 11) is 0. The highest BCUT2D eigenvalue weighted by atomic mass is 79.9. The number of hydrogen-bond donors (Lipinski definition) is 0. The molecule has 0 aromatic heterocycles. The second-order valence-electron chi connectivity index (χ2n) is 4.22. The van der Waals surface area contributed by atoms with Crippen molar-refractivity contribution in [2.45, 2.75) is 30.9 Å². The Labute approximate surface area is 128 Å². The lowest BCUT2D eigenvalue weighted by Gasteiger charge is -2.38. The van der Waals surface area contributed by atoms with E-state index >= 15 is 0 Å². The van der Waals surface area contributed by atoms with E-state index in [4.69, 9.17) is 14.2 Å². The fourth-order valence-corrected chi connectivity index (χ4v) is 3.13. The molecule has 0 bridgehead atoms. The third-order valence-electron chi connectivity index (χ3n) is 2.73. The summed E-state index contributed by atoms with van der Waals surface area (Å²) in [4.78, 5) is 22.0. The smallest absolute Gasteiger partial charge is 0.302 e. The lowest BCUT2D eigenvalue weighted by atomic mass is 9.92. The van der Waals surface area contributed by atoms with Crippen LogP contribution in [0.25, 0.3) is 0 Å². The van der Waals surface area contributed by atoms with E-state index in [0.717, 1.165) is 0 Å². The van der Waals surface area contributed by atoms with Crippen molar-refractivity contribution in [2.75, 3.05) is 11.9 Å². The quantitative estimate of drug-likeness (QED) is 0.535. The van der Waals surface area contributed by atoms with Gasteiger partial charge in [-0.1, -0.05) is 38.4 Å². The molecule has 0 amide bonds. The Hall–Kier alpha value is -0.560. The van der Waals surface area contributed by atoms with E-state index < -0.39 is 18.2 Å². The average Bonchev–Trinajstić information content (AvgIpc) is 2.32. The average molecular weight is 400 g/mol. The molecule has 1 rings (SSSR count). The fourth-order valence-electron chi connectivity index (χ4n) is 1.88. The number of carbonyl (C=O) groups is 2. The Morgan fingerprint density at radius 1 is 1.47 bits per heavy atom. The second-order valence-corrected chi connectivity index (χ2v) is 5.85. The molecule has 0 radical (unpaired) electrons. The molecular weight excluding hydrogens is 384 g/mol. The monoisotopic (exact) mass is 398 g/mol. The van der Waals surface area contributed by atoms with E-state index in [1.807, 2.05) is 0 Å². The summed E-state index contributed by atoms with van der Waals surface area (Å²) in [5.41, 5.74) is 0. The normalized spacial score (nSPS) is 28.2. The van der Waals surface area contributed by atoms with Gasteiger partial charge in [-0.05, 0) is 0 Å². The van der Waals surface area contributed by atoms with Crippen LogP contribution < -0.4 is 0 Å². The highest BCUT2D eigenvalue weighted by molar-refractivity contribution is 9.09. The molecule has 0 saturated carbocycles. The van der Waals surface area contributed by atoms with Crippen LogP contribution in [0.1, 0.15) is 13.8 Å². The highest BCUT2D eigenvalue weighted by Crippen LogP contribution is 2.33. The van der Waals surface area contributed by atoms with Crippen molar-refractivity contribution in [1.29, 1.82) is 0 Å². The largest absolute Gasteiger partial charge is 0.497 e. The van der Waals surface area contributed by atoms with Gasteiger partial charge in [0, 0.05) is 19.2 Å². The lowest BCUT2D eigenvalue weighted by molar-refractivity contribution is -0.163. The van der Waals surface area contributed by atoms with Crippen LogP contribution in [0.4, 0.5) is 0 Å². The van der Waals surface area contributed by atoms with Gasteiger partial charge in [0.2, 0.25) is 0 Å². The third-order valence-corrected chi connectivity index (χ3v) is 4.40. The molecule has 4 atom stereocenters. The zero-order valence-corrected chi connectivity index (χ0v) is 13.9. The van der Waals surface area contributed by atoms with Gasteiger partial charge in [0.05, 0.1) is 12.5 Å². The Morgan fingerprint density at radius 2 is 2.11 bits per heavy atom. The van der Waals surface area contributed by atoms with Crippen LogP contribution in [-0.4, -0.2) is 40.9 Å². The minimum atomic E-state index is -0.486. The van der Waals surface area contributed by atoms with Crippen LogP contribution >= 0.6 is 31.9 Å². The van der Waals surface area contributed by atoms with Gasteiger partial charge in [0.15, 0.2) is 0 Å². The molecule has 1 aliphatic rings. The van der Waals surface area contributed by atoms with Crippen molar-refractivity contribution in [3.63, 3.8) is 0 Å². The SMILES string of the molecule is C=C1OCC(C(CBr)OC(C)=O)C(OC(C)=O)C1Br. The van der Waals surface area contributed by atoms with Crippen LogP contribution in [0.2, 0.25) is 0 Å². The Bertz CT molecular complexity index is 371. The Morgan fingerprint density at radius 3 is 2.58 bits per heavy atom. The standard InChI is InChI=1S/C12H16Br2O5/c1-6-11(14)12(19-8(3)16)9(5-17-6)10(4-13)18-7(2)15/h9-12H,1,4-5H2,2-3H3. The van der Waals surface area contributed by atoms with Crippen molar-refractivity contribution in [2.24, 2.45) is 5.92 Å². The number of carbonyl (C=O) groups excluding carboxylic acids is 2. The maximum Gasteiger partial charge on any atom is 0.302 e. The van der Waals surface area contributed by atoms with E-state index in [2.05, 4.69) is 38.4 Å². The first-order chi connectivity index (χ1) is 8.86. The van der Waals surface area contributed by atoms with Crippen LogP contribution in [-0.2, 0) is 23.8 Å². The first kappa shape index (κ1) is 16.5. The summed E-state index contributed by atoms with van der Waals surface area (Å²) in [6.07, 6.45) is -0.921. The molecule has 1 aliphatic heterocycles. The molecule has 7 heteroatoms. The molecule has 5 nitrogen and oxygen atoms in total. The molecule has 0 spiro atoms. The van der Waals surface area contributed by atoms with Crippen LogP contribution in [0.3, 0.4) is 0 Å². The number of hydrogen-bond acceptors (Lipinski definition) is 5. The van der Waals surface area contributed by atoms with Gasteiger partial charge in [0.25, 0.3) is 0 Å². The number of alkyl halides is 2. The summed E-state index contributed by atoms with van der Waals surface area (Å²) in [6.45, 7) is 6.71. The van der Waals surface area contributed by atoms with E-state index in [0.29, 0.717) is 11.1 Å². The number of halogens is 2. The number of ether oxygens (including phenoxy) is 3. The van der Waals surface area contributed by atoms with Gasteiger partial charge in [-0.25, -0.2) is 0 Å². The predicted molar refractivity (Wildman–Crippen MR) is 76.2 cm³/mol. The molecule has 19 heavy (non-hydrogen) atoms.